The molecule has 1 aliphatic heterocycles. The van der Waals surface area contributed by atoms with E-state index in [2.05, 4.69) is 37.6 Å². The van der Waals surface area contributed by atoms with Crippen molar-refractivity contribution in [3.8, 4) is 5.69 Å². The van der Waals surface area contributed by atoms with Gasteiger partial charge in [-0.25, -0.2) is 4.68 Å². The third-order valence-corrected chi connectivity index (χ3v) is 5.26. The first-order chi connectivity index (χ1) is 12.7. The summed E-state index contributed by atoms with van der Waals surface area (Å²) in [6, 6.07) is 9.84. The zero-order valence-electron chi connectivity index (χ0n) is 14.0. The van der Waals surface area contributed by atoms with Crippen LogP contribution in [0, 0.1) is 0 Å². The standard InChI is InChI=1S/C18H18Cl2N6/c19-16-2-1-15(9-17(16)20)26-12-14(23-24-26)11-25-8-7-22-10-18(25)13-3-5-21-6-4-13/h1-6,9,12,18,22H,7-8,10-11H2. The lowest BCUT2D eigenvalue weighted by atomic mass is 10.0. The molecule has 0 saturated carbocycles. The van der Waals surface area contributed by atoms with Crippen LogP contribution in [0.15, 0.2) is 48.9 Å². The van der Waals surface area contributed by atoms with Crippen LogP contribution in [-0.2, 0) is 6.54 Å². The molecule has 6 nitrogen and oxygen atoms in total. The number of nitrogens with one attached hydrogen (secondary N) is 1. The monoisotopic (exact) mass is 388 g/mol. The predicted molar refractivity (Wildman–Crippen MR) is 102 cm³/mol. The Morgan fingerprint density at radius 1 is 1.12 bits per heavy atom. The SMILES string of the molecule is Clc1ccc(-n2cc(CN3CCNCC3c3ccncc3)nn2)cc1Cl. The van der Waals surface area contributed by atoms with Crippen molar-refractivity contribution in [1.82, 2.24) is 30.2 Å². The van der Waals surface area contributed by atoms with Gasteiger partial charge in [0.25, 0.3) is 0 Å². The van der Waals surface area contributed by atoms with Crippen molar-refractivity contribution in [2.45, 2.75) is 12.6 Å². The van der Waals surface area contributed by atoms with Gasteiger partial charge in [0.05, 0.1) is 27.6 Å². The van der Waals surface area contributed by atoms with Crippen LogP contribution in [0.4, 0.5) is 0 Å². The van der Waals surface area contributed by atoms with E-state index in [4.69, 9.17) is 23.2 Å². The minimum absolute atomic E-state index is 0.293. The fourth-order valence-corrected chi connectivity index (χ4v) is 3.47. The lowest BCUT2D eigenvalue weighted by Crippen LogP contribution is -2.45. The predicted octanol–water partition coefficient (Wildman–Crippen LogP) is 3.12. The van der Waals surface area contributed by atoms with Crippen LogP contribution < -0.4 is 5.32 Å². The third kappa shape index (κ3) is 3.73. The van der Waals surface area contributed by atoms with Gasteiger partial charge in [0.1, 0.15) is 0 Å². The van der Waals surface area contributed by atoms with E-state index in [0.29, 0.717) is 16.1 Å². The Morgan fingerprint density at radius 3 is 2.77 bits per heavy atom. The molecule has 4 rings (SSSR count). The first-order valence-electron chi connectivity index (χ1n) is 8.42. The van der Waals surface area contributed by atoms with Gasteiger partial charge < -0.3 is 5.32 Å². The van der Waals surface area contributed by atoms with E-state index in [0.717, 1.165) is 37.6 Å². The smallest absolute Gasteiger partial charge is 0.0972 e. The van der Waals surface area contributed by atoms with Crippen molar-refractivity contribution in [3.05, 3.63) is 70.2 Å². The van der Waals surface area contributed by atoms with E-state index in [1.165, 1.54) is 5.56 Å². The number of hydrogen-bond donors (Lipinski definition) is 1. The largest absolute Gasteiger partial charge is 0.314 e. The molecule has 0 radical (unpaired) electrons. The van der Waals surface area contributed by atoms with E-state index in [1.807, 2.05) is 24.7 Å². The van der Waals surface area contributed by atoms with Crippen molar-refractivity contribution in [2.24, 2.45) is 0 Å². The minimum Gasteiger partial charge on any atom is -0.314 e. The second kappa shape index (κ2) is 7.72. The Morgan fingerprint density at radius 2 is 1.96 bits per heavy atom. The molecule has 0 spiro atoms. The highest BCUT2D eigenvalue weighted by atomic mass is 35.5. The van der Waals surface area contributed by atoms with Gasteiger partial charge in [-0.15, -0.1) is 5.10 Å². The molecule has 0 amide bonds. The number of aromatic nitrogens is 4. The molecule has 1 aliphatic rings. The van der Waals surface area contributed by atoms with E-state index < -0.39 is 0 Å². The summed E-state index contributed by atoms with van der Waals surface area (Å²) in [5.74, 6) is 0. The molecular weight excluding hydrogens is 371 g/mol. The highest BCUT2D eigenvalue weighted by Gasteiger charge is 2.24. The fourth-order valence-electron chi connectivity index (χ4n) is 3.18. The van der Waals surface area contributed by atoms with Crippen LogP contribution in [0.5, 0.6) is 0 Å². The Bertz CT molecular complexity index is 882. The molecule has 1 atom stereocenters. The summed E-state index contributed by atoms with van der Waals surface area (Å²) in [5.41, 5.74) is 3.00. The van der Waals surface area contributed by atoms with Gasteiger partial charge in [-0.2, -0.15) is 0 Å². The van der Waals surface area contributed by atoms with E-state index >= 15 is 0 Å². The maximum Gasteiger partial charge on any atom is 0.0972 e. The van der Waals surface area contributed by atoms with Crippen molar-refractivity contribution in [2.75, 3.05) is 19.6 Å². The second-order valence-electron chi connectivity index (χ2n) is 6.22. The number of halogens is 2. The molecule has 0 bridgehead atoms. The Kier molecular flexibility index (Phi) is 5.17. The lowest BCUT2D eigenvalue weighted by Gasteiger charge is -2.35. The average molecular weight is 389 g/mol. The zero-order chi connectivity index (χ0) is 17.9. The Balaban J connectivity index is 1.53. The topological polar surface area (TPSA) is 58.9 Å². The van der Waals surface area contributed by atoms with Crippen LogP contribution in [-0.4, -0.2) is 44.5 Å². The molecule has 1 fully saturated rings. The normalized spacial score (nSPS) is 18.2. The quantitative estimate of drug-likeness (QED) is 0.743. The van der Waals surface area contributed by atoms with Crippen LogP contribution in [0.3, 0.4) is 0 Å². The van der Waals surface area contributed by atoms with Gasteiger partial charge in [0.2, 0.25) is 0 Å². The van der Waals surface area contributed by atoms with Gasteiger partial charge in [-0.3, -0.25) is 9.88 Å². The van der Waals surface area contributed by atoms with E-state index in [1.54, 1.807) is 16.8 Å². The van der Waals surface area contributed by atoms with Crippen molar-refractivity contribution in [1.29, 1.82) is 0 Å². The summed E-state index contributed by atoms with van der Waals surface area (Å²) in [4.78, 5) is 6.53. The maximum atomic E-state index is 6.10. The highest BCUT2D eigenvalue weighted by Crippen LogP contribution is 2.25. The molecule has 1 unspecified atom stereocenters. The minimum atomic E-state index is 0.293. The molecular formula is C18H18Cl2N6. The molecule has 8 heteroatoms. The lowest BCUT2D eigenvalue weighted by molar-refractivity contribution is 0.152. The summed E-state index contributed by atoms with van der Waals surface area (Å²) in [5, 5.41) is 13.0. The Labute approximate surface area is 161 Å². The summed E-state index contributed by atoms with van der Waals surface area (Å²) < 4.78 is 1.72. The molecule has 1 N–H and O–H groups in total. The van der Waals surface area contributed by atoms with Crippen molar-refractivity contribution in [3.63, 3.8) is 0 Å². The highest BCUT2D eigenvalue weighted by molar-refractivity contribution is 6.42. The van der Waals surface area contributed by atoms with E-state index in [9.17, 15) is 0 Å². The second-order valence-corrected chi connectivity index (χ2v) is 7.04. The molecule has 1 saturated heterocycles. The van der Waals surface area contributed by atoms with Crippen molar-refractivity contribution < 1.29 is 0 Å². The summed E-state index contributed by atoms with van der Waals surface area (Å²) in [6.45, 7) is 3.55. The van der Waals surface area contributed by atoms with Crippen LogP contribution in [0.2, 0.25) is 10.0 Å². The Hall–Kier alpha value is -1.99. The summed E-state index contributed by atoms with van der Waals surface area (Å²) in [6.07, 6.45) is 5.61. The van der Waals surface area contributed by atoms with Gasteiger partial charge in [0.15, 0.2) is 0 Å². The number of hydrogen-bond acceptors (Lipinski definition) is 5. The van der Waals surface area contributed by atoms with Crippen molar-refractivity contribution >= 4 is 23.2 Å². The maximum absolute atomic E-state index is 6.10. The third-order valence-electron chi connectivity index (χ3n) is 4.52. The van der Waals surface area contributed by atoms with Gasteiger partial charge in [0, 0.05) is 44.6 Å². The number of piperazine rings is 1. The van der Waals surface area contributed by atoms with E-state index in [-0.39, 0.29) is 0 Å². The van der Waals surface area contributed by atoms with Crippen LogP contribution >= 0.6 is 23.2 Å². The molecule has 26 heavy (non-hydrogen) atoms. The van der Waals surface area contributed by atoms with Crippen LogP contribution in [0.1, 0.15) is 17.3 Å². The molecule has 3 aromatic rings. The molecule has 3 heterocycles. The van der Waals surface area contributed by atoms with Crippen LogP contribution in [0.25, 0.3) is 5.69 Å². The number of benzene rings is 1. The molecule has 1 aromatic carbocycles. The molecule has 134 valence electrons. The van der Waals surface area contributed by atoms with Gasteiger partial charge in [-0.05, 0) is 35.9 Å². The number of pyridine rings is 1. The molecule has 0 aliphatic carbocycles. The first-order valence-corrected chi connectivity index (χ1v) is 9.17. The van der Waals surface area contributed by atoms with Gasteiger partial charge in [-0.1, -0.05) is 28.4 Å². The first kappa shape index (κ1) is 17.4. The number of nitrogens with zero attached hydrogens (tertiary/aromatic N) is 5. The summed E-state index contributed by atoms with van der Waals surface area (Å²) >= 11 is 12.1. The fraction of sp³-hybridized carbons (Fsp3) is 0.278. The zero-order valence-corrected chi connectivity index (χ0v) is 15.5. The average Bonchev–Trinajstić information content (AvgIpc) is 3.14. The number of rotatable bonds is 4. The summed E-state index contributed by atoms with van der Waals surface area (Å²) in [7, 11) is 0. The molecule has 2 aromatic heterocycles. The van der Waals surface area contributed by atoms with Gasteiger partial charge >= 0.3 is 0 Å².